The average molecular weight is 581 g/mol. The lowest BCUT2D eigenvalue weighted by Gasteiger charge is -2.33. The molecule has 1 fully saturated rings. The van der Waals surface area contributed by atoms with Gasteiger partial charge in [0.25, 0.3) is 0 Å². The molecule has 3 aromatic rings. The molecule has 0 aromatic heterocycles. The number of hydrogen-bond donors (Lipinski definition) is 1. The number of methoxy groups -OCH3 is 1. The van der Waals surface area contributed by atoms with E-state index in [0.29, 0.717) is 43.1 Å². The number of anilines is 1. The van der Waals surface area contributed by atoms with Crippen LogP contribution >= 0.6 is 11.6 Å². The van der Waals surface area contributed by atoms with E-state index >= 15 is 0 Å². The van der Waals surface area contributed by atoms with Gasteiger partial charge < -0.3 is 33.9 Å². The Morgan fingerprint density at radius 2 is 1.83 bits per heavy atom. The zero-order valence-corrected chi connectivity index (χ0v) is 24.6. The van der Waals surface area contributed by atoms with Gasteiger partial charge in [-0.25, -0.2) is 0 Å². The molecular weight excluding hydrogens is 540 g/mol. The first kappa shape index (κ1) is 29.5. The number of halogens is 1. The number of nitrogens with one attached hydrogen (secondary N) is 1. The number of rotatable bonds is 14. The van der Waals surface area contributed by atoms with E-state index < -0.39 is 0 Å². The molecule has 5 rings (SSSR count). The summed E-state index contributed by atoms with van der Waals surface area (Å²) < 4.78 is 29.4. The monoisotopic (exact) mass is 580 g/mol. The van der Waals surface area contributed by atoms with Crippen LogP contribution in [0.2, 0.25) is 5.02 Å². The second-order valence-electron chi connectivity index (χ2n) is 10.5. The highest BCUT2D eigenvalue weighted by Gasteiger charge is 2.27. The molecule has 2 atom stereocenters. The number of nitrogens with zero attached hydrogens (tertiary/aromatic N) is 1. The maximum Gasteiger partial charge on any atom is 0.142 e. The molecule has 0 radical (unpaired) electrons. The van der Waals surface area contributed by atoms with E-state index in [2.05, 4.69) is 52.7 Å². The largest absolute Gasteiger partial charge is 0.493 e. The zero-order chi connectivity index (χ0) is 28.3. The Kier molecular flexibility index (Phi) is 11.0. The lowest BCUT2D eigenvalue weighted by atomic mass is 9.87. The molecule has 2 aliphatic rings. The summed E-state index contributed by atoms with van der Waals surface area (Å²) in [6, 6.07) is 22.4. The Morgan fingerprint density at radius 1 is 0.976 bits per heavy atom. The molecule has 0 spiro atoms. The molecule has 2 aliphatic heterocycles. The van der Waals surface area contributed by atoms with Crippen LogP contribution in [-0.4, -0.2) is 65.8 Å². The first-order valence-corrected chi connectivity index (χ1v) is 15.0. The summed E-state index contributed by atoms with van der Waals surface area (Å²) in [5, 5.41) is 4.14. The summed E-state index contributed by atoms with van der Waals surface area (Å²) >= 11 is 6.14. The van der Waals surface area contributed by atoms with Crippen molar-refractivity contribution in [2.24, 2.45) is 0 Å². The Balaban J connectivity index is 1.11. The van der Waals surface area contributed by atoms with Crippen LogP contribution in [0, 0.1) is 0 Å². The molecule has 3 aromatic carbocycles. The van der Waals surface area contributed by atoms with E-state index in [0.717, 1.165) is 74.8 Å². The van der Waals surface area contributed by atoms with Gasteiger partial charge in [-0.05, 0) is 66.9 Å². The highest BCUT2D eigenvalue weighted by Crippen LogP contribution is 2.34. The fourth-order valence-electron chi connectivity index (χ4n) is 5.43. The van der Waals surface area contributed by atoms with E-state index in [1.54, 1.807) is 7.11 Å². The molecule has 220 valence electrons. The van der Waals surface area contributed by atoms with Crippen LogP contribution in [0.5, 0.6) is 17.2 Å². The number of para-hydroxylation sites is 1. The van der Waals surface area contributed by atoms with Crippen molar-refractivity contribution in [3.05, 3.63) is 82.9 Å². The normalized spacial score (nSPS) is 18.4. The lowest BCUT2D eigenvalue weighted by molar-refractivity contribution is 0.0106. The topological polar surface area (TPSA) is 61.4 Å². The molecule has 8 heteroatoms. The molecular formula is C33H41ClN2O5. The molecule has 0 amide bonds. The lowest BCUT2D eigenvalue weighted by Crippen LogP contribution is -2.41. The van der Waals surface area contributed by atoms with E-state index in [4.69, 9.17) is 35.3 Å². The first-order valence-electron chi connectivity index (χ1n) is 14.6. The van der Waals surface area contributed by atoms with Crippen molar-refractivity contribution >= 4 is 17.3 Å². The van der Waals surface area contributed by atoms with Gasteiger partial charge in [0.15, 0.2) is 0 Å². The van der Waals surface area contributed by atoms with Gasteiger partial charge in [-0.1, -0.05) is 41.9 Å². The third-order valence-corrected chi connectivity index (χ3v) is 7.92. The summed E-state index contributed by atoms with van der Waals surface area (Å²) in [6.07, 6.45) is 2.91. The van der Waals surface area contributed by atoms with Crippen LogP contribution in [0.4, 0.5) is 5.69 Å². The molecule has 7 nitrogen and oxygen atoms in total. The first-order chi connectivity index (χ1) is 20.2. The van der Waals surface area contributed by atoms with Crippen molar-refractivity contribution in [1.82, 2.24) is 5.32 Å². The van der Waals surface area contributed by atoms with Gasteiger partial charge in [0.05, 0.1) is 43.2 Å². The summed E-state index contributed by atoms with van der Waals surface area (Å²) in [4.78, 5) is 2.39. The fraction of sp³-hybridized carbons (Fsp3) is 0.455. The number of piperidine rings is 1. The minimum Gasteiger partial charge on any atom is -0.493 e. The summed E-state index contributed by atoms with van der Waals surface area (Å²) in [7, 11) is 1.75. The van der Waals surface area contributed by atoms with Gasteiger partial charge >= 0.3 is 0 Å². The smallest absolute Gasteiger partial charge is 0.142 e. The summed E-state index contributed by atoms with van der Waals surface area (Å²) in [5.74, 6) is 2.85. The predicted octanol–water partition coefficient (Wildman–Crippen LogP) is 6.09. The Hall–Kier alpha value is -2.97. The van der Waals surface area contributed by atoms with Crippen molar-refractivity contribution in [2.75, 3.05) is 64.6 Å². The fourth-order valence-corrected chi connectivity index (χ4v) is 5.62. The van der Waals surface area contributed by atoms with E-state index in [1.807, 2.05) is 24.3 Å². The van der Waals surface area contributed by atoms with Gasteiger partial charge in [0.1, 0.15) is 23.9 Å². The van der Waals surface area contributed by atoms with Crippen LogP contribution in [-0.2, 0) is 16.1 Å². The third kappa shape index (κ3) is 8.29. The van der Waals surface area contributed by atoms with Crippen molar-refractivity contribution in [3.63, 3.8) is 0 Å². The third-order valence-electron chi connectivity index (χ3n) is 7.61. The van der Waals surface area contributed by atoms with E-state index in [9.17, 15) is 0 Å². The zero-order valence-electron chi connectivity index (χ0n) is 23.9. The summed E-state index contributed by atoms with van der Waals surface area (Å²) in [6.45, 7) is 6.86. The molecule has 41 heavy (non-hydrogen) atoms. The highest BCUT2D eigenvalue weighted by molar-refractivity contribution is 6.32. The van der Waals surface area contributed by atoms with Crippen LogP contribution in [0.25, 0.3) is 0 Å². The minimum absolute atomic E-state index is 0.0996. The number of fused-ring (bicyclic) bond motifs is 1. The maximum atomic E-state index is 6.53. The molecule has 0 saturated carbocycles. The van der Waals surface area contributed by atoms with Crippen molar-refractivity contribution in [3.8, 4) is 17.2 Å². The molecule has 1 N–H and O–H groups in total. The quantitative estimate of drug-likeness (QED) is 0.232. The Morgan fingerprint density at radius 3 is 2.68 bits per heavy atom. The van der Waals surface area contributed by atoms with Crippen LogP contribution in [0.1, 0.15) is 36.3 Å². The summed E-state index contributed by atoms with van der Waals surface area (Å²) in [5.41, 5.74) is 3.60. The molecule has 0 bridgehead atoms. The number of ether oxygens (including phenoxy) is 5. The molecule has 1 saturated heterocycles. The maximum absolute atomic E-state index is 6.53. The van der Waals surface area contributed by atoms with Crippen molar-refractivity contribution in [1.29, 1.82) is 0 Å². The minimum atomic E-state index is 0.0996. The number of hydrogen-bond acceptors (Lipinski definition) is 7. The second kappa shape index (κ2) is 15.3. The highest BCUT2D eigenvalue weighted by atomic mass is 35.5. The van der Waals surface area contributed by atoms with Crippen molar-refractivity contribution < 1.29 is 23.7 Å². The van der Waals surface area contributed by atoms with E-state index in [-0.39, 0.29) is 6.10 Å². The number of benzene rings is 3. The molecule has 0 aliphatic carbocycles. The SMILES string of the molecule is COCCCN1CCOc2ccc(COC3CNCCC3c3ccc(OCCCOc4ccccc4Cl)cc3)cc21. The Labute approximate surface area is 248 Å². The standard InChI is InChI=1S/C33H41ClN2O5/c1-37-18-4-16-36-17-21-40-32-13-8-25(22-30(32)36)24-41-33-23-35-15-14-28(33)26-9-11-27(12-10-26)38-19-5-20-39-31-7-3-2-6-29(31)34/h2-3,6-13,22,28,33,35H,4-5,14-21,23-24H2,1H3. The van der Waals surface area contributed by atoms with Gasteiger partial charge in [-0.3, -0.25) is 0 Å². The van der Waals surface area contributed by atoms with Gasteiger partial charge in [-0.15, -0.1) is 0 Å². The van der Waals surface area contributed by atoms with Crippen LogP contribution in [0.3, 0.4) is 0 Å². The molecule has 2 unspecified atom stereocenters. The average Bonchev–Trinajstić information content (AvgIpc) is 3.01. The molecule has 2 heterocycles. The Bertz CT molecular complexity index is 1220. The van der Waals surface area contributed by atoms with Gasteiger partial charge in [0, 0.05) is 39.1 Å². The van der Waals surface area contributed by atoms with Crippen LogP contribution in [0.15, 0.2) is 66.7 Å². The van der Waals surface area contributed by atoms with E-state index in [1.165, 1.54) is 5.56 Å². The predicted molar refractivity (Wildman–Crippen MR) is 163 cm³/mol. The van der Waals surface area contributed by atoms with Crippen molar-refractivity contribution in [2.45, 2.75) is 37.9 Å². The van der Waals surface area contributed by atoms with Gasteiger partial charge in [-0.2, -0.15) is 0 Å². The van der Waals surface area contributed by atoms with Crippen LogP contribution < -0.4 is 24.4 Å². The van der Waals surface area contributed by atoms with Gasteiger partial charge in [0.2, 0.25) is 0 Å². The second-order valence-corrected chi connectivity index (χ2v) is 10.9.